The molecule has 0 unspecified atom stereocenters. The van der Waals surface area contributed by atoms with Crippen molar-refractivity contribution in [2.45, 2.75) is 38.8 Å². The smallest absolute Gasteiger partial charge is 0.0534 e. The Kier molecular flexibility index (Phi) is 2.64. The summed E-state index contributed by atoms with van der Waals surface area (Å²) < 4.78 is 2.12. The Bertz CT molecular complexity index is 263. The molecule has 1 heterocycles. The number of hydrogen-bond donors (Lipinski definition) is 1. The van der Waals surface area contributed by atoms with E-state index in [1.807, 2.05) is 6.20 Å². The van der Waals surface area contributed by atoms with Crippen molar-refractivity contribution in [1.82, 2.24) is 15.1 Å². The van der Waals surface area contributed by atoms with Crippen molar-refractivity contribution in [1.29, 1.82) is 0 Å². The van der Waals surface area contributed by atoms with E-state index in [9.17, 15) is 0 Å². The van der Waals surface area contributed by atoms with Gasteiger partial charge in [-0.25, -0.2) is 0 Å². The first-order valence-corrected chi connectivity index (χ1v) is 5.14. The minimum atomic E-state index is 0.690. The highest BCUT2D eigenvalue weighted by Gasteiger charge is 2.19. The van der Waals surface area contributed by atoms with Gasteiger partial charge < -0.3 is 5.32 Å². The highest BCUT2D eigenvalue weighted by Crippen LogP contribution is 2.30. The van der Waals surface area contributed by atoms with E-state index < -0.39 is 0 Å². The fourth-order valence-corrected chi connectivity index (χ4v) is 1.59. The van der Waals surface area contributed by atoms with E-state index >= 15 is 0 Å². The molecular weight excluding hydrogens is 162 g/mol. The molecule has 1 aromatic rings. The Hall–Kier alpha value is -0.830. The van der Waals surface area contributed by atoms with E-state index in [0.717, 1.165) is 13.1 Å². The molecule has 3 nitrogen and oxygen atoms in total. The molecular formula is C10H17N3. The van der Waals surface area contributed by atoms with Gasteiger partial charge in [0.25, 0.3) is 0 Å². The molecule has 1 N–H and O–H groups in total. The van der Waals surface area contributed by atoms with Gasteiger partial charge in [0, 0.05) is 18.3 Å². The van der Waals surface area contributed by atoms with Crippen LogP contribution in [-0.2, 0) is 6.54 Å². The zero-order valence-corrected chi connectivity index (χ0v) is 8.16. The number of nitrogens with one attached hydrogen (secondary N) is 1. The van der Waals surface area contributed by atoms with Gasteiger partial charge in [0.05, 0.1) is 12.2 Å². The fourth-order valence-electron chi connectivity index (χ4n) is 1.59. The largest absolute Gasteiger partial charge is 0.313 e. The second kappa shape index (κ2) is 3.92. The molecule has 0 aromatic carbocycles. The maximum atomic E-state index is 4.37. The lowest BCUT2D eigenvalue weighted by atomic mass is 9.93. The highest BCUT2D eigenvalue weighted by molar-refractivity contribution is 5.04. The third-order valence-corrected chi connectivity index (χ3v) is 2.68. The van der Waals surface area contributed by atoms with Crippen LogP contribution < -0.4 is 5.32 Å². The first-order valence-electron chi connectivity index (χ1n) is 5.14. The topological polar surface area (TPSA) is 29.9 Å². The molecule has 0 bridgehead atoms. The van der Waals surface area contributed by atoms with Crippen molar-refractivity contribution < 1.29 is 0 Å². The van der Waals surface area contributed by atoms with Gasteiger partial charge in [-0.2, -0.15) is 5.10 Å². The molecule has 1 aromatic heterocycles. The van der Waals surface area contributed by atoms with E-state index in [-0.39, 0.29) is 0 Å². The van der Waals surface area contributed by atoms with E-state index in [1.165, 1.54) is 24.8 Å². The fraction of sp³-hybridized carbons (Fsp3) is 0.700. The summed E-state index contributed by atoms with van der Waals surface area (Å²) in [6.45, 7) is 4.09. The van der Waals surface area contributed by atoms with Crippen LogP contribution in [0, 0.1) is 0 Å². The standard InChI is InChI=1S/C10H17N3/c1-2-11-6-9-7-12-13(8-9)10-4-3-5-10/h7-8,10-11H,2-6H2,1H3. The van der Waals surface area contributed by atoms with Crippen LogP contribution in [0.5, 0.6) is 0 Å². The second-order valence-electron chi connectivity index (χ2n) is 3.69. The van der Waals surface area contributed by atoms with Gasteiger partial charge in [0.2, 0.25) is 0 Å². The zero-order chi connectivity index (χ0) is 9.10. The van der Waals surface area contributed by atoms with Gasteiger partial charge in [-0.15, -0.1) is 0 Å². The monoisotopic (exact) mass is 179 g/mol. The molecule has 0 amide bonds. The molecule has 1 saturated carbocycles. The number of hydrogen-bond acceptors (Lipinski definition) is 2. The lowest BCUT2D eigenvalue weighted by molar-refractivity contribution is 0.289. The van der Waals surface area contributed by atoms with Crippen molar-refractivity contribution in [2.24, 2.45) is 0 Å². The molecule has 1 aliphatic rings. The molecule has 1 aliphatic carbocycles. The van der Waals surface area contributed by atoms with Gasteiger partial charge >= 0.3 is 0 Å². The molecule has 0 aliphatic heterocycles. The van der Waals surface area contributed by atoms with Gasteiger partial charge in [-0.3, -0.25) is 4.68 Å². The lowest BCUT2D eigenvalue weighted by Gasteiger charge is -2.25. The van der Waals surface area contributed by atoms with Crippen LogP contribution in [0.25, 0.3) is 0 Å². The summed E-state index contributed by atoms with van der Waals surface area (Å²) in [4.78, 5) is 0. The van der Waals surface area contributed by atoms with Crippen LogP contribution in [0.2, 0.25) is 0 Å². The van der Waals surface area contributed by atoms with Gasteiger partial charge in [0.15, 0.2) is 0 Å². The van der Waals surface area contributed by atoms with Crippen molar-refractivity contribution in [3.63, 3.8) is 0 Å². The summed E-state index contributed by atoms with van der Waals surface area (Å²) in [5.74, 6) is 0. The first kappa shape index (κ1) is 8.75. The number of nitrogens with zero attached hydrogens (tertiary/aromatic N) is 2. The van der Waals surface area contributed by atoms with E-state index in [0.29, 0.717) is 6.04 Å². The second-order valence-corrected chi connectivity index (χ2v) is 3.69. The third kappa shape index (κ3) is 1.91. The van der Waals surface area contributed by atoms with Crippen LogP contribution in [0.1, 0.15) is 37.8 Å². The highest BCUT2D eigenvalue weighted by atomic mass is 15.3. The van der Waals surface area contributed by atoms with E-state index in [1.54, 1.807) is 0 Å². The van der Waals surface area contributed by atoms with Crippen molar-refractivity contribution >= 4 is 0 Å². The predicted molar refractivity (Wildman–Crippen MR) is 52.5 cm³/mol. The Morgan fingerprint density at radius 1 is 1.62 bits per heavy atom. The quantitative estimate of drug-likeness (QED) is 0.762. The normalized spacial score (nSPS) is 17.3. The zero-order valence-electron chi connectivity index (χ0n) is 8.16. The average molecular weight is 179 g/mol. The van der Waals surface area contributed by atoms with Crippen LogP contribution >= 0.6 is 0 Å². The molecule has 0 atom stereocenters. The summed E-state index contributed by atoms with van der Waals surface area (Å²) in [6.07, 6.45) is 8.13. The van der Waals surface area contributed by atoms with Crippen LogP contribution in [0.3, 0.4) is 0 Å². The Labute approximate surface area is 79.1 Å². The molecule has 3 heteroatoms. The van der Waals surface area contributed by atoms with Crippen molar-refractivity contribution in [3.05, 3.63) is 18.0 Å². The summed E-state index contributed by atoms with van der Waals surface area (Å²) in [5, 5.41) is 7.67. The third-order valence-electron chi connectivity index (χ3n) is 2.68. The maximum absolute atomic E-state index is 4.37. The lowest BCUT2D eigenvalue weighted by Crippen LogP contribution is -2.17. The Morgan fingerprint density at radius 2 is 2.46 bits per heavy atom. The van der Waals surface area contributed by atoms with E-state index in [4.69, 9.17) is 0 Å². The number of rotatable bonds is 4. The van der Waals surface area contributed by atoms with Gasteiger partial charge in [-0.05, 0) is 25.8 Å². The van der Waals surface area contributed by atoms with Crippen LogP contribution in [-0.4, -0.2) is 16.3 Å². The van der Waals surface area contributed by atoms with Crippen LogP contribution in [0.15, 0.2) is 12.4 Å². The molecule has 2 rings (SSSR count). The molecule has 0 spiro atoms. The molecule has 1 fully saturated rings. The minimum absolute atomic E-state index is 0.690. The van der Waals surface area contributed by atoms with Gasteiger partial charge in [0.1, 0.15) is 0 Å². The maximum Gasteiger partial charge on any atom is 0.0534 e. The van der Waals surface area contributed by atoms with E-state index in [2.05, 4.69) is 28.2 Å². The molecule has 13 heavy (non-hydrogen) atoms. The SMILES string of the molecule is CCNCc1cnn(C2CCC2)c1. The average Bonchev–Trinajstić information content (AvgIpc) is 2.46. The summed E-state index contributed by atoms with van der Waals surface area (Å²) >= 11 is 0. The van der Waals surface area contributed by atoms with Crippen molar-refractivity contribution in [2.75, 3.05) is 6.54 Å². The summed E-state index contributed by atoms with van der Waals surface area (Å²) in [5.41, 5.74) is 1.30. The summed E-state index contributed by atoms with van der Waals surface area (Å²) in [7, 11) is 0. The van der Waals surface area contributed by atoms with Crippen LogP contribution in [0.4, 0.5) is 0 Å². The molecule has 0 radical (unpaired) electrons. The van der Waals surface area contributed by atoms with Crippen molar-refractivity contribution in [3.8, 4) is 0 Å². The molecule has 0 saturated heterocycles. The first-order chi connectivity index (χ1) is 6.40. The summed E-state index contributed by atoms with van der Waals surface area (Å²) in [6, 6.07) is 0.690. The molecule has 72 valence electrons. The predicted octanol–water partition coefficient (Wildman–Crippen LogP) is 1.72. The number of aromatic nitrogens is 2. The Balaban J connectivity index is 1.92. The minimum Gasteiger partial charge on any atom is -0.313 e. The van der Waals surface area contributed by atoms with Gasteiger partial charge in [-0.1, -0.05) is 6.92 Å². The Morgan fingerprint density at radius 3 is 3.08 bits per heavy atom.